The van der Waals surface area contributed by atoms with Crippen molar-refractivity contribution >= 4 is 11.8 Å². The highest BCUT2D eigenvalue weighted by Crippen LogP contribution is 1.91. The maximum Gasteiger partial charge on any atom is 0.248 e. The van der Waals surface area contributed by atoms with Crippen LogP contribution >= 0.6 is 0 Å². The van der Waals surface area contributed by atoms with E-state index >= 15 is 0 Å². The molecule has 0 aromatic carbocycles. The van der Waals surface area contributed by atoms with Crippen LogP contribution in [0.4, 0.5) is 0 Å². The van der Waals surface area contributed by atoms with Gasteiger partial charge in [0.2, 0.25) is 11.8 Å². The number of hydrogen-bond donors (Lipinski definition) is 2. The number of imidazole rings is 1. The molecule has 0 aliphatic carbocycles. The Morgan fingerprint density at radius 1 is 1.50 bits per heavy atom. The van der Waals surface area contributed by atoms with Crippen molar-refractivity contribution in [2.24, 2.45) is 0 Å². The predicted molar refractivity (Wildman–Crippen MR) is 64.8 cm³/mol. The molecule has 0 bridgehead atoms. The molecule has 1 aromatic rings. The molecule has 18 heavy (non-hydrogen) atoms. The van der Waals surface area contributed by atoms with E-state index in [9.17, 15) is 9.59 Å². The lowest BCUT2D eigenvalue weighted by atomic mass is 10.3. The third-order valence-corrected chi connectivity index (χ3v) is 2.20. The fraction of sp³-hybridized carbons (Fsp3) is 0.545. The number of hydrogen-bond acceptors (Lipinski definition) is 4. The Kier molecular flexibility index (Phi) is 5.86. The Morgan fingerprint density at radius 3 is 2.89 bits per heavy atom. The molecule has 0 unspecified atom stereocenters. The van der Waals surface area contributed by atoms with Crippen molar-refractivity contribution in [3.05, 3.63) is 18.2 Å². The van der Waals surface area contributed by atoms with Gasteiger partial charge in [0.05, 0.1) is 19.4 Å². The van der Waals surface area contributed by atoms with Crippen molar-refractivity contribution in [1.29, 1.82) is 0 Å². The maximum absolute atomic E-state index is 11.4. The highest BCUT2D eigenvalue weighted by Gasteiger charge is 2.05. The van der Waals surface area contributed by atoms with Gasteiger partial charge in [-0.1, -0.05) is 0 Å². The molecule has 2 N–H and O–H groups in total. The Hall–Kier alpha value is -1.89. The molecule has 0 spiro atoms. The van der Waals surface area contributed by atoms with Crippen molar-refractivity contribution in [2.45, 2.75) is 6.42 Å². The number of aromatic nitrogens is 2. The van der Waals surface area contributed by atoms with Crippen LogP contribution in [-0.4, -0.2) is 60.5 Å². The third-order valence-electron chi connectivity index (χ3n) is 2.20. The number of aromatic amines is 1. The Labute approximate surface area is 106 Å². The standard InChI is InChI=1S/C11H18N4O3/c1-15(2)11(17)7-18-4-3-13-10(16)5-9-6-12-8-14-9/h6,8H,3-5,7H2,1-2H3,(H,12,14)(H,13,16). The van der Waals surface area contributed by atoms with Crippen LogP contribution in [0.1, 0.15) is 5.69 Å². The Bertz CT molecular complexity index is 376. The number of carbonyl (C=O) groups excluding carboxylic acids is 2. The molecule has 0 aliphatic heterocycles. The van der Waals surface area contributed by atoms with E-state index in [1.54, 1.807) is 20.3 Å². The molecule has 7 heteroatoms. The van der Waals surface area contributed by atoms with Crippen LogP contribution in [0.3, 0.4) is 0 Å². The molecular formula is C11H18N4O3. The van der Waals surface area contributed by atoms with E-state index in [1.807, 2.05) is 0 Å². The molecular weight excluding hydrogens is 236 g/mol. The summed E-state index contributed by atoms with van der Waals surface area (Å²) in [5, 5.41) is 2.69. The molecule has 0 saturated heterocycles. The molecule has 1 heterocycles. The second-order valence-corrected chi connectivity index (χ2v) is 3.94. The van der Waals surface area contributed by atoms with Crippen molar-refractivity contribution in [2.75, 3.05) is 33.9 Å². The van der Waals surface area contributed by atoms with Gasteiger partial charge in [-0.2, -0.15) is 0 Å². The normalized spacial score (nSPS) is 10.1. The highest BCUT2D eigenvalue weighted by molar-refractivity contribution is 5.78. The molecule has 1 aromatic heterocycles. The molecule has 0 radical (unpaired) electrons. The zero-order chi connectivity index (χ0) is 13.4. The summed E-state index contributed by atoms with van der Waals surface area (Å²) >= 11 is 0. The second kappa shape index (κ2) is 7.44. The summed E-state index contributed by atoms with van der Waals surface area (Å²) < 4.78 is 5.12. The summed E-state index contributed by atoms with van der Waals surface area (Å²) in [5.74, 6) is -0.208. The average Bonchev–Trinajstić information content (AvgIpc) is 2.80. The number of amides is 2. The summed E-state index contributed by atoms with van der Waals surface area (Å²) in [7, 11) is 3.33. The molecule has 0 fully saturated rings. The molecule has 0 saturated carbocycles. The monoisotopic (exact) mass is 254 g/mol. The zero-order valence-electron chi connectivity index (χ0n) is 10.6. The summed E-state index contributed by atoms with van der Waals surface area (Å²) in [6.07, 6.45) is 3.39. The summed E-state index contributed by atoms with van der Waals surface area (Å²) in [6.45, 7) is 0.728. The predicted octanol–water partition coefficient (Wildman–Crippen LogP) is -0.827. The van der Waals surface area contributed by atoms with E-state index in [0.29, 0.717) is 13.2 Å². The lowest BCUT2D eigenvalue weighted by molar-refractivity contribution is -0.133. The van der Waals surface area contributed by atoms with Gasteiger partial charge in [-0.3, -0.25) is 9.59 Å². The SMILES string of the molecule is CN(C)C(=O)COCCNC(=O)Cc1cnc[nH]1. The second-order valence-electron chi connectivity index (χ2n) is 3.94. The van der Waals surface area contributed by atoms with Gasteiger partial charge in [0, 0.05) is 32.5 Å². The van der Waals surface area contributed by atoms with Gasteiger partial charge < -0.3 is 19.9 Å². The zero-order valence-corrected chi connectivity index (χ0v) is 10.6. The van der Waals surface area contributed by atoms with Crippen molar-refractivity contribution in [3.63, 3.8) is 0 Å². The molecule has 2 amide bonds. The Balaban J connectivity index is 2.04. The van der Waals surface area contributed by atoms with E-state index < -0.39 is 0 Å². The number of likely N-dealkylation sites (N-methyl/N-ethyl adjacent to an activating group) is 1. The number of nitrogens with one attached hydrogen (secondary N) is 2. The molecule has 1 rings (SSSR count). The van der Waals surface area contributed by atoms with E-state index in [4.69, 9.17) is 4.74 Å². The van der Waals surface area contributed by atoms with E-state index in [-0.39, 0.29) is 24.8 Å². The Morgan fingerprint density at radius 2 is 2.28 bits per heavy atom. The fourth-order valence-corrected chi connectivity index (χ4v) is 1.17. The van der Waals surface area contributed by atoms with Gasteiger partial charge in [0.1, 0.15) is 6.61 Å². The van der Waals surface area contributed by atoms with Gasteiger partial charge in [-0.25, -0.2) is 4.98 Å². The summed E-state index contributed by atoms with van der Waals surface area (Å²) in [6, 6.07) is 0. The van der Waals surface area contributed by atoms with Crippen LogP contribution in [0, 0.1) is 0 Å². The minimum atomic E-state index is -0.109. The lowest BCUT2D eigenvalue weighted by Gasteiger charge is -2.10. The topological polar surface area (TPSA) is 87.3 Å². The first-order valence-corrected chi connectivity index (χ1v) is 5.61. The third kappa shape index (κ3) is 5.44. The van der Waals surface area contributed by atoms with Gasteiger partial charge >= 0.3 is 0 Å². The van der Waals surface area contributed by atoms with Crippen molar-refractivity contribution in [3.8, 4) is 0 Å². The van der Waals surface area contributed by atoms with Gasteiger partial charge in [-0.05, 0) is 0 Å². The number of H-pyrrole nitrogens is 1. The lowest BCUT2D eigenvalue weighted by Crippen LogP contribution is -2.31. The number of ether oxygens (including phenoxy) is 1. The number of rotatable bonds is 7. The van der Waals surface area contributed by atoms with Gasteiger partial charge in [0.25, 0.3) is 0 Å². The minimum Gasteiger partial charge on any atom is -0.370 e. The number of carbonyl (C=O) groups is 2. The van der Waals surface area contributed by atoms with Crippen LogP contribution in [0.5, 0.6) is 0 Å². The first kappa shape index (κ1) is 14.2. The van der Waals surface area contributed by atoms with Crippen molar-refractivity contribution < 1.29 is 14.3 Å². The van der Waals surface area contributed by atoms with Crippen LogP contribution < -0.4 is 5.32 Å². The maximum atomic E-state index is 11.4. The highest BCUT2D eigenvalue weighted by atomic mass is 16.5. The minimum absolute atomic E-state index is 0.0312. The van der Waals surface area contributed by atoms with Crippen molar-refractivity contribution in [1.82, 2.24) is 20.2 Å². The van der Waals surface area contributed by atoms with Crippen LogP contribution in [0.2, 0.25) is 0 Å². The van der Waals surface area contributed by atoms with Gasteiger partial charge in [0.15, 0.2) is 0 Å². The molecule has 0 aliphatic rings. The van der Waals surface area contributed by atoms with Crippen LogP contribution in [-0.2, 0) is 20.7 Å². The molecule has 7 nitrogen and oxygen atoms in total. The summed E-state index contributed by atoms with van der Waals surface area (Å²) in [5.41, 5.74) is 0.760. The smallest absolute Gasteiger partial charge is 0.248 e. The van der Waals surface area contributed by atoms with E-state index in [2.05, 4.69) is 15.3 Å². The van der Waals surface area contributed by atoms with E-state index in [0.717, 1.165) is 5.69 Å². The van der Waals surface area contributed by atoms with Gasteiger partial charge in [-0.15, -0.1) is 0 Å². The largest absolute Gasteiger partial charge is 0.370 e. The first-order chi connectivity index (χ1) is 8.59. The average molecular weight is 254 g/mol. The first-order valence-electron chi connectivity index (χ1n) is 5.61. The quantitative estimate of drug-likeness (QED) is 0.622. The van der Waals surface area contributed by atoms with Crippen LogP contribution in [0.15, 0.2) is 12.5 Å². The fourth-order valence-electron chi connectivity index (χ4n) is 1.17. The van der Waals surface area contributed by atoms with E-state index in [1.165, 1.54) is 11.2 Å². The summed E-state index contributed by atoms with van der Waals surface area (Å²) in [4.78, 5) is 30.7. The number of nitrogens with zero attached hydrogens (tertiary/aromatic N) is 2. The van der Waals surface area contributed by atoms with Crippen LogP contribution in [0.25, 0.3) is 0 Å². The molecule has 0 atom stereocenters. The molecule has 100 valence electrons.